The Morgan fingerprint density at radius 3 is 2.64 bits per heavy atom. The van der Waals surface area contributed by atoms with Gasteiger partial charge < -0.3 is 10.1 Å². The van der Waals surface area contributed by atoms with Crippen LogP contribution in [0.5, 0.6) is 5.75 Å². The van der Waals surface area contributed by atoms with Gasteiger partial charge in [0.1, 0.15) is 12.0 Å². The molecule has 0 atom stereocenters. The Kier molecular flexibility index (Phi) is 4.84. The van der Waals surface area contributed by atoms with Crippen molar-refractivity contribution in [1.82, 2.24) is 10.3 Å². The van der Waals surface area contributed by atoms with E-state index in [0.717, 1.165) is 6.29 Å². The molecule has 3 aromatic rings. The predicted octanol–water partition coefficient (Wildman–Crippen LogP) is 2.82. The fourth-order valence-corrected chi connectivity index (χ4v) is 2.27. The summed E-state index contributed by atoms with van der Waals surface area (Å²) < 4.78 is 10.2. The topological polar surface area (TPSA) is 120 Å². The quantitative estimate of drug-likeness (QED) is 0.287. The first-order chi connectivity index (χ1) is 12.2. The van der Waals surface area contributed by atoms with E-state index < -0.39 is 4.92 Å². The van der Waals surface area contributed by atoms with Crippen LogP contribution in [-0.4, -0.2) is 34.7 Å². The summed E-state index contributed by atoms with van der Waals surface area (Å²) in [5, 5.41) is 21.4. The van der Waals surface area contributed by atoms with Crippen LogP contribution < -0.4 is 10.1 Å². The summed E-state index contributed by atoms with van der Waals surface area (Å²) in [5.74, 6) is 0.684. The van der Waals surface area contributed by atoms with E-state index in [1.165, 1.54) is 6.07 Å². The normalized spacial score (nSPS) is 10.6. The van der Waals surface area contributed by atoms with Crippen molar-refractivity contribution < 1.29 is 19.1 Å². The molecule has 1 aromatic heterocycles. The summed E-state index contributed by atoms with van der Waals surface area (Å²) in [4.78, 5) is 21.0. The van der Waals surface area contributed by atoms with E-state index in [1.54, 1.807) is 30.3 Å². The smallest absolute Gasteiger partial charge is 0.300 e. The summed E-state index contributed by atoms with van der Waals surface area (Å²) >= 11 is 0. The molecule has 0 aliphatic carbocycles. The zero-order valence-corrected chi connectivity index (χ0v) is 13.0. The summed E-state index contributed by atoms with van der Waals surface area (Å²) in [6.07, 6.45) is 1.47. The first kappa shape index (κ1) is 16.4. The second-order valence-corrected chi connectivity index (χ2v) is 5.17. The maximum absolute atomic E-state index is 10.9. The molecular weight excluding hydrogens is 328 g/mol. The van der Waals surface area contributed by atoms with Crippen LogP contribution in [0.2, 0.25) is 0 Å². The zero-order chi connectivity index (χ0) is 17.6. The van der Waals surface area contributed by atoms with Crippen LogP contribution in [-0.2, 0) is 0 Å². The number of nitrogens with one attached hydrogen (secondary N) is 1. The lowest BCUT2D eigenvalue weighted by atomic mass is 10.2. The Hall–Kier alpha value is -3.49. The number of carbonyl (C=O) groups is 1. The molecule has 128 valence electrons. The minimum atomic E-state index is -0.528. The number of nitrogens with zero attached hydrogens (tertiary/aromatic N) is 3. The van der Waals surface area contributed by atoms with E-state index >= 15 is 0 Å². The van der Waals surface area contributed by atoms with Crippen molar-refractivity contribution in [3.8, 4) is 5.75 Å². The molecule has 1 heterocycles. The second-order valence-electron chi connectivity index (χ2n) is 5.17. The number of fused-ring (bicyclic) bond motifs is 1. The van der Waals surface area contributed by atoms with Crippen molar-refractivity contribution in [2.75, 3.05) is 18.5 Å². The van der Waals surface area contributed by atoms with Crippen LogP contribution in [0.25, 0.3) is 11.0 Å². The highest BCUT2D eigenvalue weighted by Gasteiger charge is 2.19. The maximum atomic E-state index is 10.9. The molecule has 1 N–H and O–H groups in total. The number of aldehydes is 1. The Labute approximate surface area is 141 Å². The number of benzene rings is 2. The molecule has 0 unspecified atom stereocenters. The van der Waals surface area contributed by atoms with Gasteiger partial charge in [-0.3, -0.25) is 14.9 Å². The number of nitro benzene ring substituents is 1. The van der Waals surface area contributed by atoms with Crippen LogP contribution in [0.15, 0.2) is 41.0 Å². The SMILES string of the molecule is O=Cc1ccc(OCCCNc2ccc([N+](=O)[O-])c3nonc23)cc1. The van der Waals surface area contributed by atoms with Crippen molar-refractivity contribution in [3.63, 3.8) is 0 Å². The van der Waals surface area contributed by atoms with E-state index in [-0.39, 0.29) is 11.2 Å². The Bertz CT molecular complexity index is 891. The van der Waals surface area contributed by atoms with Gasteiger partial charge in [-0.15, -0.1) is 0 Å². The number of rotatable bonds is 8. The minimum absolute atomic E-state index is 0.113. The molecule has 3 rings (SSSR count). The van der Waals surface area contributed by atoms with E-state index in [9.17, 15) is 14.9 Å². The van der Waals surface area contributed by atoms with Gasteiger partial charge in [-0.25, -0.2) is 4.63 Å². The van der Waals surface area contributed by atoms with Gasteiger partial charge in [0.2, 0.25) is 5.52 Å². The molecule has 9 heteroatoms. The van der Waals surface area contributed by atoms with Crippen molar-refractivity contribution >= 4 is 28.7 Å². The van der Waals surface area contributed by atoms with Gasteiger partial charge in [0, 0.05) is 18.2 Å². The van der Waals surface area contributed by atoms with Crippen LogP contribution >= 0.6 is 0 Å². The monoisotopic (exact) mass is 342 g/mol. The summed E-state index contributed by atoms with van der Waals surface area (Å²) in [6, 6.07) is 9.78. The molecule has 2 aromatic carbocycles. The molecule has 0 saturated carbocycles. The third-order valence-electron chi connectivity index (χ3n) is 3.51. The van der Waals surface area contributed by atoms with Crippen LogP contribution in [0.1, 0.15) is 16.8 Å². The predicted molar refractivity (Wildman–Crippen MR) is 88.9 cm³/mol. The van der Waals surface area contributed by atoms with E-state index in [0.29, 0.717) is 42.1 Å². The highest BCUT2D eigenvalue weighted by atomic mass is 16.6. The molecular formula is C16H14N4O5. The molecule has 0 aliphatic rings. The van der Waals surface area contributed by atoms with Crippen molar-refractivity contribution in [1.29, 1.82) is 0 Å². The van der Waals surface area contributed by atoms with Gasteiger partial charge in [-0.1, -0.05) is 0 Å². The zero-order valence-electron chi connectivity index (χ0n) is 13.0. The first-order valence-electron chi connectivity index (χ1n) is 7.50. The van der Waals surface area contributed by atoms with Gasteiger partial charge in [0.25, 0.3) is 0 Å². The fourth-order valence-electron chi connectivity index (χ4n) is 2.27. The molecule has 0 radical (unpaired) electrons. The number of carbonyl (C=O) groups excluding carboxylic acids is 1. The number of hydrogen-bond donors (Lipinski definition) is 1. The summed E-state index contributed by atoms with van der Waals surface area (Å²) in [5.41, 5.74) is 1.49. The molecule has 0 bridgehead atoms. The highest BCUT2D eigenvalue weighted by Crippen LogP contribution is 2.28. The fraction of sp³-hybridized carbons (Fsp3) is 0.188. The molecule has 0 aliphatic heterocycles. The molecule has 0 saturated heterocycles. The minimum Gasteiger partial charge on any atom is -0.494 e. The highest BCUT2D eigenvalue weighted by molar-refractivity contribution is 5.93. The lowest BCUT2D eigenvalue weighted by molar-refractivity contribution is -0.383. The van der Waals surface area contributed by atoms with Crippen LogP contribution in [0.4, 0.5) is 11.4 Å². The molecule has 0 fully saturated rings. The van der Waals surface area contributed by atoms with E-state index in [2.05, 4.69) is 20.3 Å². The lowest BCUT2D eigenvalue weighted by Crippen LogP contribution is -2.08. The Morgan fingerprint density at radius 2 is 1.92 bits per heavy atom. The Morgan fingerprint density at radius 1 is 1.16 bits per heavy atom. The number of hydrogen-bond acceptors (Lipinski definition) is 8. The standard InChI is InChI=1S/C16H14N4O5/c21-10-11-2-4-12(5-3-11)24-9-1-8-17-13-6-7-14(20(22)23)16-15(13)18-25-19-16/h2-7,10,17H,1,8-9H2. The molecule has 0 spiro atoms. The summed E-state index contributed by atoms with van der Waals surface area (Å²) in [7, 11) is 0. The largest absolute Gasteiger partial charge is 0.494 e. The van der Waals surface area contributed by atoms with Crippen molar-refractivity contribution in [2.45, 2.75) is 6.42 Å². The third kappa shape index (κ3) is 3.71. The van der Waals surface area contributed by atoms with Gasteiger partial charge in [-0.05, 0) is 47.1 Å². The molecule has 0 amide bonds. The number of ether oxygens (including phenoxy) is 1. The van der Waals surface area contributed by atoms with Gasteiger partial charge in [-0.2, -0.15) is 0 Å². The maximum Gasteiger partial charge on any atom is 0.300 e. The number of anilines is 1. The van der Waals surface area contributed by atoms with E-state index in [1.807, 2.05) is 0 Å². The third-order valence-corrected chi connectivity index (χ3v) is 3.51. The average Bonchev–Trinajstić information content (AvgIpc) is 3.11. The van der Waals surface area contributed by atoms with Gasteiger partial charge >= 0.3 is 5.69 Å². The van der Waals surface area contributed by atoms with Crippen LogP contribution in [0, 0.1) is 10.1 Å². The van der Waals surface area contributed by atoms with E-state index in [4.69, 9.17) is 4.74 Å². The molecule has 25 heavy (non-hydrogen) atoms. The number of non-ortho nitro benzene ring substituents is 1. The van der Waals surface area contributed by atoms with Gasteiger partial charge in [0.15, 0.2) is 5.52 Å². The molecule has 9 nitrogen and oxygen atoms in total. The summed E-state index contributed by atoms with van der Waals surface area (Å²) in [6.45, 7) is 1.05. The first-order valence-corrected chi connectivity index (χ1v) is 7.50. The number of aromatic nitrogens is 2. The Balaban J connectivity index is 1.53. The second kappa shape index (κ2) is 7.39. The number of nitro groups is 1. The van der Waals surface area contributed by atoms with Crippen LogP contribution in [0.3, 0.4) is 0 Å². The van der Waals surface area contributed by atoms with Crippen molar-refractivity contribution in [2.24, 2.45) is 0 Å². The lowest BCUT2D eigenvalue weighted by Gasteiger charge is -2.08. The average molecular weight is 342 g/mol. The van der Waals surface area contributed by atoms with Gasteiger partial charge in [0.05, 0.1) is 17.2 Å². The van der Waals surface area contributed by atoms with Crippen molar-refractivity contribution in [3.05, 3.63) is 52.1 Å².